The molecule has 0 aliphatic carbocycles. The first kappa shape index (κ1) is 12.3. The average Bonchev–Trinajstić information content (AvgIpc) is 2.89. The van der Waals surface area contributed by atoms with Gasteiger partial charge in [-0.25, -0.2) is 0 Å². The molecule has 1 atom stereocenters. The molecule has 0 radical (unpaired) electrons. The molecule has 1 fully saturated rings. The van der Waals surface area contributed by atoms with Crippen molar-refractivity contribution in [3.05, 3.63) is 22.4 Å². The van der Waals surface area contributed by atoms with Gasteiger partial charge in [0.15, 0.2) is 0 Å². The van der Waals surface area contributed by atoms with Gasteiger partial charge in [-0.15, -0.1) is 23.1 Å². The molecule has 1 saturated heterocycles. The summed E-state index contributed by atoms with van der Waals surface area (Å²) in [5.41, 5.74) is 0. The van der Waals surface area contributed by atoms with Gasteiger partial charge in [-0.2, -0.15) is 11.8 Å². The fourth-order valence-electron chi connectivity index (χ4n) is 1.74. The summed E-state index contributed by atoms with van der Waals surface area (Å²) in [4.78, 5) is 15.1. The quantitative estimate of drug-likeness (QED) is 0.769. The Morgan fingerprint density at radius 3 is 3.19 bits per heavy atom. The maximum absolute atomic E-state index is 11.8. The van der Waals surface area contributed by atoms with Crippen LogP contribution in [0.5, 0.6) is 0 Å². The summed E-state index contributed by atoms with van der Waals surface area (Å²) >= 11 is 5.34. The number of carbonyl (C=O) groups excluding carboxylic acids is 1. The van der Waals surface area contributed by atoms with Gasteiger partial charge in [0, 0.05) is 11.4 Å². The zero-order chi connectivity index (χ0) is 11.4. The summed E-state index contributed by atoms with van der Waals surface area (Å²) in [6.07, 6.45) is 3.20. The largest absolute Gasteiger partial charge is 0.325 e. The Kier molecular flexibility index (Phi) is 4.61. The minimum atomic E-state index is 0.273. The van der Waals surface area contributed by atoms with Gasteiger partial charge in [0.2, 0.25) is 5.91 Å². The Morgan fingerprint density at radius 2 is 2.50 bits per heavy atom. The summed E-state index contributed by atoms with van der Waals surface area (Å²) < 4.78 is 0. The fraction of sp³-hybridized carbons (Fsp3) is 0.545. The molecule has 1 aliphatic rings. The molecule has 0 bridgehead atoms. The molecule has 88 valence electrons. The summed E-state index contributed by atoms with van der Waals surface area (Å²) in [6.45, 7) is 0.898. The van der Waals surface area contributed by atoms with Crippen molar-refractivity contribution in [3.8, 4) is 0 Å². The van der Waals surface area contributed by atoms with E-state index in [1.165, 1.54) is 4.88 Å². The normalized spacial score (nSPS) is 20.7. The maximum Gasteiger partial charge on any atom is 0.233 e. The van der Waals surface area contributed by atoms with Crippen LogP contribution in [0.2, 0.25) is 0 Å². The number of thiophene rings is 1. The summed E-state index contributed by atoms with van der Waals surface area (Å²) in [7, 11) is 0. The van der Waals surface area contributed by atoms with Crippen LogP contribution in [-0.2, 0) is 4.79 Å². The topological polar surface area (TPSA) is 20.3 Å². The van der Waals surface area contributed by atoms with Crippen LogP contribution in [-0.4, -0.2) is 35.1 Å². The van der Waals surface area contributed by atoms with Crippen LogP contribution in [0.25, 0.3) is 0 Å². The zero-order valence-corrected chi connectivity index (χ0v) is 11.7. The van der Waals surface area contributed by atoms with E-state index in [4.69, 9.17) is 0 Å². The molecule has 1 aliphatic heterocycles. The molecule has 2 nitrogen and oxygen atoms in total. The monoisotopic (exact) mass is 273 g/mol. The lowest BCUT2D eigenvalue weighted by Gasteiger charge is -2.22. The molecule has 0 aromatic carbocycles. The van der Waals surface area contributed by atoms with E-state index in [1.807, 2.05) is 16.7 Å². The Labute approximate surface area is 109 Å². The lowest BCUT2D eigenvalue weighted by Crippen LogP contribution is -2.29. The third-order valence-corrected chi connectivity index (χ3v) is 5.51. The first-order valence-electron chi connectivity index (χ1n) is 5.26. The number of carbonyl (C=O) groups is 1. The van der Waals surface area contributed by atoms with Gasteiger partial charge in [-0.3, -0.25) is 4.79 Å². The van der Waals surface area contributed by atoms with Crippen LogP contribution in [0.4, 0.5) is 0 Å². The van der Waals surface area contributed by atoms with Crippen molar-refractivity contribution in [1.82, 2.24) is 4.90 Å². The van der Waals surface area contributed by atoms with Crippen molar-refractivity contribution in [2.45, 2.75) is 11.8 Å². The van der Waals surface area contributed by atoms with Crippen molar-refractivity contribution in [1.29, 1.82) is 0 Å². The van der Waals surface area contributed by atoms with Crippen molar-refractivity contribution in [2.24, 2.45) is 0 Å². The number of hydrogen-bond acceptors (Lipinski definition) is 4. The molecule has 2 rings (SSSR count). The molecule has 0 saturated carbocycles. The van der Waals surface area contributed by atoms with Gasteiger partial charge in [0.1, 0.15) is 5.37 Å². The number of thioether (sulfide) groups is 2. The van der Waals surface area contributed by atoms with E-state index >= 15 is 0 Å². The van der Waals surface area contributed by atoms with E-state index in [0.717, 1.165) is 18.7 Å². The van der Waals surface area contributed by atoms with Crippen LogP contribution >= 0.6 is 34.9 Å². The third kappa shape index (κ3) is 2.76. The Hall–Kier alpha value is -0.130. The van der Waals surface area contributed by atoms with Crippen molar-refractivity contribution < 1.29 is 4.79 Å². The van der Waals surface area contributed by atoms with E-state index in [1.54, 1.807) is 23.1 Å². The first-order chi connectivity index (χ1) is 7.83. The summed E-state index contributed by atoms with van der Waals surface area (Å²) in [5, 5.41) is 2.35. The SMILES string of the molecule is CSCCCN1C(=O)CSC1c1cccs1. The molecular formula is C11H15NOS3. The minimum Gasteiger partial charge on any atom is -0.325 e. The molecule has 5 heteroatoms. The highest BCUT2D eigenvalue weighted by atomic mass is 32.2. The van der Waals surface area contributed by atoms with Gasteiger partial charge in [-0.05, 0) is 29.9 Å². The van der Waals surface area contributed by atoms with E-state index < -0.39 is 0 Å². The lowest BCUT2D eigenvalue weighted by molar-refractivity contribution is -0.128. The van der Waals surface area contributed by atoms with Gasteiger partial charge < -0.3 is 4.90 Å². The van der Waals surface area contributed by atoms with Gasteiger partial charge >= 0.3 is 0 Å². The Morgan fingerprint density at radius 1 is 1.62 bits per heavy atom. The predicted molar refractivity (Wildman–Crippen MR) is 74.2 cm³/mol. The highest BCUT2D eigenvalue weighted by molar-refractivity contribution is 8.00. The van der Waals surface area contributed by atoms with Crippen molar-refractivity contribution in [3.63, 3.8) is 0 Å². The molecule has 1 aromatic rings. The molecule has 1 aromatic heterocycles. The van der Waals surface area contributed by atoms with E-state index in [0.29, 0.717) is 11.7 Å². The van der Waals surface area contributed by atoms with Crippen molar-refractivity contribution >= 4 is 40.8 Å². The number of nitrogens with zero attached hydrogens (tertiary/aromatic N) is 1. The Balaban J connectivity index is 1.99. The highest BCUT2D eigenvalue weighted by Crippen LogP contribution is 2.40. The molecule has 16 heavy (non-hydrogen) atoms. The van der Waals surface area contributed by atoms with Crippen LogP contribution in [0, 0.1) is 0 Å². The van der Waals surface area contributed by atoms with Crippen LogP contribution in [0.3, 0.4) is 0 Å². The molecule has 1 amide bonds. The third-order valence-electron chi connectivity index (χ3n) is 2.50. The van der Waals surface area contributed by atoms with Crippen LogP contribution in [0.1, 0.15) is 16.7 Å². The fourth-order valence-corrected chi connectivity index (χ4v) is 4.36. The van der Waals surface area contributed by atoms with E-state index in [9.17, 15) is 4.79 Å². The van der Waals surface area contributed by atoms with E-state index in [2.05, 4.69) is 23.8 Å². The second-order valence-electron chi connectivity index (χ2n) is 3.61. The second kappa shape index (κ2) is 5.98. The minimum absolute atomic E-state index is 0.273. The number of amides is 1. The van der Waals surface area contributed by atoms with Crippen LogP contribution in [0.15, 0.2) is 17.5 Å². The first-order valence-corrected chi connectivity index (χ1v) is 8.58. The maximum atomic E-state index is 11.8. The Bertz CT molecular complexity index is 339. The highest BCUT2D eigenvalue weighted by Gasteiger charge is 2.32. The summed E-state index contributed by atoms with van der Waals surface area (Å²) in [5.74, 6) is 2.07. The molecule has 1 unspecified atom stereocenters. The smallest absolute Gasteiger partial charge is 0.233 e. The summed E-state index contributed by atoms with van der Waals surface area (Å²) in [6, 6.07) is 4.19. The molecule has 0 spiro atoms. The van der Waals surface area contributed by atoms with Crippen LogP contribution < -0.4 is 0 Å². The van der Waals surface area contributed by atoms with Gasteiger partial charge in [0.25, 0.3) is 0 Å². The molecule has 2 heterocycles. The second-order valence-corrected chi connectivity index (χ2v) is 6.65. The molecular weight excluding hydrogens is 258 g/mol. The number of rotatable bonds is 5. The van der Waals surface area contributed by atoms with Crippen molar-refractivity contribution in [2.75, 3.05) is 24.3 Å². The predicted octanol–water partition coefficient (Wildman–Crippen LogP) is 3.08. The molecule has 0 N–H and O–H groups in total. The van der Waals surface area contributed by atoms with Gasteiger partial charge in [-0.1, -0.05) is 6.07 Å². The number of hydrogen-bond donors (Lipinski definition) is 0. The standard InChI is InChI=1S/C11H15NOS3/c1-14-6-3-5-12-10(13)8-16-11(12)9-4-2-7-15-9/h2,4,7,11H,3,5-6,8H2,1H3. The van der Waals surface area contributed by atoms with Gasteiger partial charge in [0.05, 0.1) is 5.75 Å². The zero-order valence-electron chi connectivity index (χ0n) is 9.22. The lowest BCUT2D eigenvalue weighted by atomic mass is 10.3. The average molecular weight is 273 g/mol. The van der Waals surface area contributed by atoms with E-state index in [-0.39, 0.29) is 5.37 Å².